The maximum absolute atomic E-state index is 9.95. The first-order valence-corrected chi connectivity index (χ1v) is 4.01. The van der Waals surface area contributed by atoms with Crippen LogP contribution in [0.3, 0.4) is 0 Å². The molecule has 1 heteroatoms. The molecule has 0 N–H and O–H groups in total. The van der Waals surface area contributed by atoms with E-state index in [-0.39, 0.29) is 0 Å². The van der Waals surface area contributed by atoms with Gasteiger partial charge >= 0.3 is 0 Å². The average Bonchev–Trinajstić information content (AvgIpc) is 2.00. The highest BCUT2D eigenvalue weighted by Gasteiger charge is 1.91. The lowest BCUT2D eigenvalue weighted by Gasteiger charge is -2.00. The Morgan fingerprint density at radius 2 is 2.18 bits per heavy atom. The molecular weight excluding hydrogens is 136 g/mol. The van der Waals surface area contributed by atoms with Crippen LogP contribution < -0.4 is 0 Å². The minimum atomic E-state index is 0.603. The number of hydrogen-bond acceptors (Lipinski definition) is 1. The molecule has 0 bridgehead atoms. The van der Waals surface area contributed by atoms with Crippen molar-refractivity contribution < 1.29 is 4.79 Å². The van der Waals surface area contributed by atoms with Crippen LogP contribution in [0.25, 0.3) is 0 Å². The molecule has 0 spiro atoms. The number of aldehydes is 1. The Morgan fingerprint density at radius 1 is 1.55 bits per heavy atom. The summed E-state index contributed by atoms with van der Waals surface area (Å²) in [7, 11) is 0. The van der Waals surface area contributed by atoms with Crippen LogP contribution in [0.5, 0.6) is 0 Å². The first-order chi connectivity index (χ1) is 5.20. The van der Waals surface area contributed by atoms with E-state index in [2.05, 4.69) is 19.9 Å². The monoisotopic (exact) mass is 152 g/mol. The van der Waals surface area contributed by atoms with Gasteiger partial charge in [-0.15, -0.1) is 0 Å². The fraction of sp³-hybridized carbons (Fsp3) is 0.500. The van der Waals surface area contributed by atoms with Crippen molar-refractivity contribution >= 4 is 6.29 Å². The molecule has 0 saturated carbocycles. The molecule has 0 fully saturated rings. The third-order valence-electron chi connectivity index (χ3n) is 1.63. The second-order valence-corrected chi connectivity index (χ2v) is 2.79. The fourth-order valence-corrected chi connectivity index (χ4v) is 0.813. The molecule has 1 unspecified atom stereocenters. The van der Waals surface area contributed by atoms with Crippen LogP contribution in [0.4, 0.5) is 0 Å². The summed E-state index contributed by atoms with van der Waals surface area (Å²) in [4.78, 5) is 9.95. The third kappa shape index (κ3) is 5.59. The van der Waals surface area contributed by atoms with Crippen LogP contribution in [0.1, 0.15) is 27.2 Å². The van der Waals surface area contributed by atoms with E-state index in [1.54, 1.807) is 0 Å². The molecule has 62 valence electrons. The lowest BCUT2D eigenvalue weighted by atomic mass is 10.1. The van der Waals surface area contributed by atoms with Gasteiger partial charge in [0, 0.05) is 0 Å². The smallest absolute Gasteiger partial charge is 0.142 e. The van der Waals surface area contributed by atoms with Gasteiger partial charge in [0.2, 0.25) is 0 Å². The van der Waals surface area contributed by atoms with Gasteiger partial charge < -0.3 is 0 Å². The van der Waals surface area contributed by atoms with Crippen molar-refractivity contribution in [1.82, 2.24) is 0 Å². The number of hydrogen-bond donors (Lipinski definition) is 0. The summed E-state index contributed by atoms with van der Waals surface area (Å²) in [5.74, 6) is 0.603. The number of carbonyl (C=O) groups is 1. The molecule has 0 aliphatic rings. The van der Waals surface area contributed by atoms with Gasteiger partial charge in [0.25, 0.3) is 0 Å². The molecule has 1 atom stereocenters. The van der Waals surface area contributed by atoms with E-state index < -0.39 is 0 Å². The van der Waals surface area contributed by atoms with E-state index in [0.717, 1.165) is 18.3 Å². The van der Waals surface area contributed by atoms with E-state index in [0.29, 0.717) is 5.92 Å². The molecule has 1 nitrogen and oxygen atoms in total. The molecule has 0 aromatic heterocycles. The minimum absolute atomic E-state index is 0.603. The van der Waals surface area contributed by atoms with Gasteiger partial charge in [-0.05, 0) is 18.9 Å². The minimum Gasteiger partial charge on any atom is -0.299 e. The van der Waals surface area contributed by atoms with Gasteiger partial charge in [-0.25, -0.2) is 0 Å². The maximum atomic E-state index is 9.95. The maximum Gasteiger partial charge on any atom is 0.142 e. The zero-order valence-corrected chi connectivity index (χ0v) is 7.50. The van der Waals surface area contributed by atoms with Gasteiger partial charge in [-0.1, -0.05) is 38.0 Å². The number of allylic oxidation sites excluding steroid dienone is 4. The molecule has 11 heavy (non-hydrogen) atoms. The molecule has 0 rings (SSSR count). The number of rotatable bonds is 4. The second kappa shape index (κ2) is 5.90. The molecule has 0 aliphatic carbocycles. The summed E-state index contributed by atoms with van der Waals surface area (Å²) < 4.78 is 0. The fourth-order valence-electron chi connectivity index (χ4n) is 0.813. The third-order valence-corrected chi connectivity index (χ3v) is 1.63. The summed E-state index contributed by atoms with van der Waals surface area (Å²) in [5, 5.41) is 0. The molecule has 0 saturated heterocycles. The van der Waals surface area contributed by atoms with E-state index in [1.165, 1.54) is 6.08 Å². The number of carbonyl (C=O) groups excluding carboxylic acids is 1. The van der Waals surface area contributed by atoms with Gasteiger partial charge in [0.05, 0.1) is 0 Å². The summed E-state index contributed by atoms with van der Waals surface area (Å²) >= 11 is 0. The van der Waals surface area contributed by atoms with Gasteiger partial charge in [0.15, 0.2) is 0 Å². The summed E-state index contributed by atoms with van der Waals surface area (Å²) in [6.07, 6.45) is 7.47. The van der Waals surface area contributed by atoms with Gasteiger partial charge in [-0.3, -0.25) is 4.79 Å². The van der Waals surface area contributed by atoms with E-state index in [1.807, 2.05) is 13.0 Å². The topological polar surface area (TPSA) is 17.1 Å². The van der Waals surface area contributed by atoms with Crippen LogP contribution in [-0.2, 0) is 4.79 Å². The lowest BCUT2D eigenvalue weighted by Crippen LogP contribution is -1.86. The highest BCUT2D eigenvalue weighted by Crippen LogP contribution is 2.06. The highest BCUT2D eigenvalue weighted by atomic mass is 16.1. The molecule has 0 heterocycles. The quantitative estimate of drug-likeness (QED) is 0.344. The molecule has 0 amide bonds. The summed E-state index contributed by atoms with van der Waals surface area (Å²) in [6, 6.07) is 0. The molecule has 0 aromatic rings. The molecule has 0 aliphatic heterocycles. The summed E-state index contributed by atoms with van der Waals surface area (Å²) in [5.41, 5.74) is 1.16. The Morgan fingerprint density at radius 3 is 2.64 bits per heavy atom. The zero-order chi connectivity index (χ0) is 8.69. The molecule has 0 aromatic carbocycles. The van der Waals surface area contributed by atoms with E-state index >= 15 is 0 Å². The Bertz CT molecular complexity index is 166. The van der Waals surface area contributed by atoms with E-state index in [4.69, 9.17) is 0 Å². The van der Waals surface area contributed by atoms with Crippen molar-refractivity contribution in [2.24, 2.45) is 5.92 Å². The Balaban J connectivity index is 3.98. The van der Waals surface area contributed by atoms with Crippen molar-refractivity contribution in [2.45, 2.75) is 27.2 Å². The standard InChI is InChI=1S/C10H16O/c1-4-9(2)8-10(3)6-5-7-11/h5-9H,4H2,1-3H3/b6-5+,10-8+. The summed E-state index contributed by atoms with van der Waals surface area (Å²) in [6.45, 7) is 6.32. The largest absolute Gasteiger partial charge is 0.299 e. The van der Waals surface area contributed by atoms with Crippen LogP contribution in [-0.4, -0.2) is 6.29 Å². The van der Waals surface area contributed by atoms with Crippen molar-refractivity contribution in [3.8, 4) is 0 Å². The normalized spacial score (nSPS) is 15.4. The van der Waals surface area contributed by atoms with Gasteiger partial charge in [-0.2, -0.15) is 0 Å². The van der Waals surface area contributed by atoms with Crippen LogP contribution in [0, 0.1) is 5.92 Å². The predicted octanol–water partition coefficient (Wildman–Crippen LogP) is 2.73. The van der Waals surface area contributed by atoms with Gasteiger partial charge in [0.1, 0.15) is 6.29 Å². The lowest BCUT2D eigenvalue weighted by molar-refractivity contribution is -0.104. The van der Waals surface area contributed by atoms with Crippen molar-refractivity contribution in [3.63, 3.8) is 0 Å². The molecular formula is C10H16O. The zero-order valence-electron chi connectivity index (χ0n) is 7.50. The first-order valence-electron chi connectivity index (χ1n) is 4.01. The molecule has 0 radical (unpaired) electrons. The average molecular weight is 152 g/mol. The van der Waals surface area contributed by atoms with E-state index in [9.17, 15) is 4.79 Å². The predicted molar refractivity (Wildman–Crippen MR) is 48.4 cm³/mol. The second-order valence-electron chi connectivity index (χ2n) is 2.79. The Kier molecular flexibility index (Phi) is 5.44. The highest BCUT2D eigenvalue weighted by molar-refractivity contribution is 5.65. The van der Waals surface area contributed by atoms with Crippen LogP contribution in [0.15, 0.2) is 23.8 Å². The first kappa shape index (κ1) is 10.2. The van der Waals surface area contributed by atoms with Crippen molar-refractivity contribution in [1.29, 1.82) is 0 Å². The van der Waals surface area contributed by atoms with Crippen molar-refractivity contribution in [3.05, 3.63) is 23.8 Å². The van der Waals surface area contributed by atoms with Crippen LogP contribution >= 0.6 is 0 Å². The van der Waals surface area contributed by atoms with Crippen molar-refractivity contribution in [2.75, 3.05) is 0 Å². The Hall–Kier alpha value is -0.850. The SMILES string of the molecule is CCC(C)/C=C(C)/C=C/C=O. The van der Waals surface area contributed by atoms with Crippen LogP contribution in [0.2, 0.25) is 0 Å². The Labute approximate surface area is 68.8 Å².